The van der Waals surface area contributed by atoms with Gasteiger partial charge in [0.05, 0.1) is 21.7 Å². The first-order valence-corrected chi connectivity index (χ1v) is 6.93. The highest BCUT2D eigenvalue weighted by molar-refractivity contribution is 7.99. The van der Waals surface area contributed by atoms with Crippen LogP contribution < -0.4 is 5.73 Å². The SMILES string of the molecule is Nc1nc(Sc2ccc(C(=O)O)cc2[N+](=O)[O-])c2[nH]cnc2n1. The summed E-state index contributed by atoms with van der Waals surface area (Å²) in [4.78, 5) is 36.5. The number of nitro benzene ring substituents is 1. The van der Waals surface area contributed by atoms with Gasteiger partial charge in [-0.05, 0) is 12.1 Å². The Morgan fingerprint density at radius 3 is 2.87 bits per heavy atom. The van der Waals surface area contributed by atoms with Crippen LogP contribution in [0, 0.1) is 10.1 Å². The second kappa shape index (κ2) is 5.53. The predicted molar refractivity (Wildman–Crippen MR) is 80.3 cm³/mol. The average Bonchev–Trinajstić information content (AvgIpc) is 2.95. The number of aromatic amines is 1. The standard InChI is InChI=1S/C12H8N6O4S/c13-12-16-9-8(14-4-15-9)10(17-12)23-7-2-1-5(11(19)20)3-6(7)18(21)22/h1-4H,(H,19,20)(H3,13,14,15,16,17). The van der Waals surface area contributed by atoms with E-state index in [2.05, 4.69) is 19.9 Å². The van der Waals surface area contributed by atoms with Crippen molar-refractivity contribution in [1.29, 1.82) is 0 Å². The van der Waals surface area contributed by atoms with Crippen molar-refractivity contribution in [3.8, 4) is 0 Å². The number of aromatic nitrogens is 4. The molecule has 0 amide bonds. The fourth-order valence-electron chi connectivity index (χ4n) is 1.88. The van der Waals surface area contributed by atoms with E-state index in [-0.39, 0.29) is 22.1 Å². The van der Waals surface area contributed by atoms with Gasteiger partial charge in [-0.15, -0.1) is 0 Å². The lowest BCUT2D eigenvalue weighted by molar-refractivity contribution is -0.387. The van der Waals surface area contributed by atoms with Crippen LogP contribution in [0.15, 0.2) is 34.4 Å². The van der Waals surface area contributed by atoms with E-state index in [4.69, 9.17) is 10.8 Å². The molecule has 0 aliphatic rings. The van der Waals surface area contributed by atoms with E-state index in [1.165, 1.54) is 18.5 Å². The lowest BCUT2D eigenvalue weighted by Gasteiger charge is -2.05. The van der Waals surface area contributed by atoms with Crippen LogP contribution >= 0.6 is 11.8 Å². The number of nitro groups is 1. The molecule has 0 bridgehead atoms. The van der Waals surface area contributed by atoms with Crippen molar-refractivity contribution in [1.82, 2.24) is 19.9 Å². The Kier molecular flexibility index (Phi) is 3.54. The van der Waals surface area contributed by atoms with Gasteiger partial charge in [0, 0.05) is 6.07 Å². The third-order valence-electron chi connectivity index (χ3n) is 2.88. The van der Waals surface area contributed by atoms with E-state index in [0.717, 1.165) is 17.8 Å². The Hall–Kier alpha value is -3.21. The molecule has 0 atom stereocenters. The zero-order valence-corrected chi connectivity index (χ0v) is 12.1. The topological polar surface area (TPSA) is 161 Å². The molecule has 0 aliphatic heterocycles. The summed E-state index contributed by atoms with van der Waals surface area (Å²) < 4.78 is 0. The van der Waals surface area contributed by atoms with Crippen molar-refractivity contribution in [3.05, 3.63) is 40.2 Å². The molecule has 23 heavy (non-hydrogen) atoms. The van der Waals surface area contributed by atoms with E-state index in [1.54, 1.807) is 0 Å². The van der Waals surface area contributed by atoms with Crippen molar-refractivity contribution in [3.63, 3.8) is 0 Å². The third-order valence-corrected chi connectivity index (χ3v) is 3.93. The molecule has 4 N–H and O–H groups in total. The summed E-state index contributed by atoms with van der Waals surface area (Å²) in [5, 5.41) is 20.5. The monoisotopic (exact) mass is 332 g/mol. The van der Waals surface area contributed by atoms with Crippen molar-refractivity contribution in [2.45, 2.75) is 9.92 Å². The number of aromatic carboxylic acids is 1. The number of hydrogen-bond donors (Lipinski definition) is 3. The van der Waals surface area contributed by atoms with Gasteiger partial charge in [-0.25, -0.2) is 14.8 Å². The molecule has 0 spiro atoms. The van der Waals surface area contributed by atoms with Gasteiger partial charge < -0.3 is 15.8 Å². The molecule has 3 rings (SSSR count). The molecule has 0 saturated carbocycles. The molecule has 3 aromatic rings. The summed E-state index contributed by atoms with van der Waals surface area (Å²) in [6, 6.07) is 3.64. The number of carbonyl (C=O) groups is 1. The van der Waals surface area contributed by atoms with Crippen LogP contribution in [0.25, 0.3) is 11.2 Å². The maximum Gasteiger partial charge on any atom is 0.335 e. The number of nitrogen functional groups attached to an aromatic ring is 1. The molecule has 0 fully saturated rings. The Bertz CT molecular complexity index is 940. The zero-order valence-electron chi connectivity index (χ0n) is 11.3. The number of rotatable bonds is 4. The van der Waals surface area contributed by atoms with Crippen molar-refractivity contribution in [2.75, 3.05) is 5.73 Å². The number of H-pyrrole nitrogens is 1. The summed E-state index contributed by atoms with van der Waals surface area (Å²) in [7, 11) is 0. The Morgan fingerprint density at radius 1 is 1.39 bits per heavy atom. The van der Waals surface area contributed by atoms with E-state index in [0.29, 0.717) is 16.2 Å². The van der Waals surface area contributed by atoms with Gasteiger partial charge in [0.25, 0.3) is 5.69 Å². The number of carboxylic acids is 1. The number of carboxylic acid groups (broad SMARTS) is 1. The molecular formula is C12H8N6O4S. The van der Waals surface area contributed by atoms with Crippen LogP contribution in [-0.4, -0.2) is 35.9 Å². The molecular weight excluding hydrogens is 324 g/mol. The van der Waals surface area contributed by atoms with Crippen molar-refractivity contribution in [2.24, 2.45) is 0 Å². The summed E-state index contributed by atoms with van der Waals surface area (Å²) in [5.41, 5.74) is 5.92. The second-order valence-corrected chi connectivity index (χ2v) is 5.37. The number of anilines is 1. The number of benzene rings is 1. The number of nitrogens with one attached hydrogen (secondary N) is 1. The van der Waals surface area contributed by atoms with Gasteiger partial charge in [0.1, 0.15) is 10.5 Å². The summed E-state index contributed by atoms with van der Waals surface area (Å²) >= 11 is 0.974. The van der Waals surface area contributed by atoms with Gasteiger partial charge in [0.15, 0.2) is 5.65 Å². The van der Waals surface area contributed by atoms with Gasteiger partial charge in [0.2, 0.25) is 5.95 Å². The Labute approximate surface area is 131 Å². The summed E-state index contributed by atoms with van der Waals surface area (Å²) in [6.45, 7) is 0. The lowest BCUT2D eigenvalue weighted by Crippen LogP contribution is -2.00. The van der Waals surface area contributed by atoms with E-state index in [9.17, 15) is 14.9 Å². The Balaban J connectivity index is 2.10. The van der Waals surface area contributed by atoms with Gasteiger partial charge in [-0.2, -0.15) is 4.98 Å². The van der Waals surface area contributed by atoms with Crippen molar-refractivity contribution >= 4 is 40.5 Å². The zero-order chi connectivity index (χ0) is 16.6. The minimum atomic E-state index is -1.24. The van der Waals surface area contributed by atoms with Gasteiger partial charge >= 0.3 is 5.97 Å². The normalized spacial score (nSPS) is 10.8. The summed E-state index contributed by atoms with van der Waals surface area (Å²) in [5.74, 6) is -1.26. The highest BCUT2D eigenvalue weighted by Gasteiger charge is 2.20. The second-order valence-electron chi connectivity index (χ2n) is 4.33. The predicted octanol–water partition coefficient (Wildman–Crippen LogP) is 1.69. The highest BCUT2D eigenvalue weighted by Crippen LogP contribution is 2.36. The van der Waals surface area contributed by atoms with Crippen molar-refractivity contribution < 1.29 is 14.8 Å². The maximum absolute atomic E-state index is 11.2. The molecule has 2 aromatic heterocycles. The number of imidazole rings is 1. The molecule has 0 saturated heterocycles. The molecule has 11 heteroatoms. The van der Waals surface area contributed by atoms with E-state index >= 15 is 0 Å². The first kappa shape index (κ1) is 14.7. The number of nitrogens with zero attached hydrogens (tertiary/aromatic N) is 4. The molecule has 0 unspecified atom stereocenters. The number of hydrogen-bond acceptors (Lipinski definition) is 8. The average molecular weight is 332 g/mol. The summed E-state index contributed by atoms with van der Waals surface area (Å²) in [6.07, 6.45) is 1.41. The van der Waals surface area contributed by atoms with Crippen LogP contribution in [0.2, 0.25) is 0 Å². The number of fused-ring (bicyclic) bond motifs is 1. The Morgan fingerprint density at radius 2 is 2.17 bits per heavy atom. The minimum Gasteiger partial charge on any atom is -0.478 e. The van der Waals surface area contributed by atoms with Gasteiger partial charge in [-0.1, -0.05) is 11.8 Å². The van der Waals surface area contributed by atoms with E-state index in [1.807, 2.05) is 0 Å². The highest BCUT2D eigenvalue weighted by atomic mass is 32.2. The largest absolute Gasteiger partial charge is 0.478 e. The molecule has 2 heterocycles. The lowest BCUT2D eigenvalue weighted by atomic mass is 10.2. The first-order valence-electron chi connectivity index (χ1n) is 6.12. The number of nitrogens with two attached hydrogens (primary N) is 1. The minimum absolute atomic E-state index is 0.0168. The first-order chi connectivity index (χ1) is 11.0. The quantitative estimate of drug-likeness (QED) is 0.366. The molecule has 10 nitrogen and oxygen atoms in total. The van der Waals surface area contributed by atoms with Crippen LogP contribution in [-0.2, 0) is 0 Å². The van der Waals surface area contributed by atoms with Gasteiger partial charge in [-0.3, -0.25) is 10.1 Å². The maximum atomic E-state index is 11.2. The van der Waals surface area contributed by atoms with Crippen LogP contribution in [0.1, 0.15) is 10.4 Å². The van der Waals surface area contributed by atoms with Crippen LogP contribution in [0.3, 0.4) is 0 Å². The molecule has 116 valence electrons. The fourth-order valence-corrected chi connectivity index (χ4v) is 2.85. The van der Waals surface area contributed by atoms with Crippen LogP contribution in [0.5, 0.6) is 0 Å². The fraction of sp³-hybridized carbons (Fsp3) is 0. The smallest absolute Gasteiger partial charge is 0.335 e. The van der Waals surface area contributed by atoms with Crippen LogP contribution in [0.4, 0.5) is 11.6 Å². The molecule has 1 aromatic carbocycles. The molecule has 0 aliphatic carbocycles. The van der Waals surface area contributed by atoms with E-state index < -0.39 is 10.9 Å². The molecule has 0 radical (unpaired) electrons. The third kappa shape index (κ3) is 2.76.